The standard InChI is InChI=1S/C25H22N4O3/c1-3-4-13-32-25(31)17-9-11-18(12-10-17)27-15-20-16(2)19(14-26)23-28-21-7-5-6-8-22(21)29(23)24(20)30/h5-12,15,27H,3-4,13H2,1-2H3. The van der Waals surface area contributed by atoms with Gasteiger partial charge in [-0.2, -0.15) is 5.26 Å². The normalized spacial score (nSPS) is 11.6. The lowest BCUT2D eigenvalue weighted by Gasteiger charge is -2.06. The molecule has 2 aromatic carbocycles. The molecular formula is C25H22N4O3. The summed E-state index contributed by atoms with van der Waals surface area (Å²) in [5.41, 5.74) is 3.50. The van der Waals surface area contributed by atoms with E-state index in [1.54, 1.807) is 37.4 Å². The number of anilines is 1. The van der Waals surface area contributed by atoms with E-state index in [0.717, 1.165) is 12.8 Å². The monoisotopic (exact) mass is 426 g/mol. The smallest absolute Gasteiger partial charge is 0.338 e. The van der Waals surface area contributed by atoms with Crippen LogP contribution in [0.4, 0.5) is 5.69 Å². The molecule has 0 fully saturated rings. The molecule has 7 nitrogen and oxygen atoms in total. The first-order valence-corrected chi connectivity index (χ1v) is 10.4. The first-order chi connectivity index (χ1) is 15.5. The van der Waals surface area contributed by atoms with Crippen LogP contribution in [0.15, 0.2) is 53.3 Å². The number of aromatic nitrogens is 2. The van der Waals surface area contributed by atoms with Crippen LogP contribution in [0.1, 0.15) is 41.3 Å². The van der Waals surface area contributed by atoms with E-state index in [4.69, 9.17) is 4.74 Å². The topological polar surface area (TPSA) is 96.5 Å². The second kappa shape index (κ2) is 8.90. The second-order valence-corrected chi connectivity index (χ2v) is 7.45. The van der Waals surface area contributed by atoms with Gasteiger partial charge < -0.3 is 10.1 Å². The fraction of sp³-hybridized carbons (Fsp3) is 0.200. The first kappa shape index (κ1) is 21.1. The SMILES string of the molecule is CCCCOC(=O)c1ccc(NC=c2c(C)c(C#N)c3nc4ccccc4n3c2=O)cc1. The zero-order valence-corrected chi connectivity index (χ0v) is 17.9. The van der Waals surface area contributed by atoms with E-state index in [1.807, 2.05) is 31.2 Å². The van der Waals surface area contributed by atoms with Crippen molar-refractivity contribution in [2.45, 2.75) is 26.7 Å². The molecule has 0 bridgehead atoms. The summed E-state index contributed by atoms with van der Waals surface area (Å²) in [6.45, 7) is 4.18. The molecule has 0 spiro atoms. The van der Waals surface area contributed by atoms with Crippen LogP contribution < -0.4 is 16.1 Å². The van der Waals surface area contributed by atoms with Crippen molar-refractivity contribution in [1.29, 1.82) is 5.26 Å². The molecule has 32 heavy (non-hydrogen) atoms. The molecule has 7 heteroatoms. The lowest BCUT2D eigenvalue weighted by molar-refractivity contribution is 0.0500. The number of benzene rings is 2. The molecule has 4 aromatic rings. The Hall–Kier alpha value is -4.18. The average molecular weight is 426 g/mol. The second-order valence-electron chi connectivity index (χ2n) is 7.45. The van der Waals surface area contributed by atoms with E-state index in [9.17, 15) is 14.9 Å². The fourth-order valence-electron chi connectivity index (χ4n) is 3.54. The minimum absolute atomic E-state index is 0.256. The summed E-state index contributed by atoms with van der Waals surface area (Å²) in [4.78, 5) is 29.8. The maximum atomic E-state index is 13.3. The molecule has 0 atom stereocenters. The molecule has 0 saturated carbocycles. The van der Waals surface area contributed by atoms with E-state index in [1.165, 1.54) is 4.40 Å². The van der Waals surface area contributed by atoms with Gasteiger partial charge in [0.15, 0.2) is 5.65 Å². The van der Waals surface area contributed by atoms with E-state index >= 15 is 0 Å². The molecule has 0 aliphatic rings. The number of nitrogens with one attached hydrogen (secondary N) is 1. The molecule has 0 aliphatic carbocycles. The lowest BCUT2D eigenvalue weighted by Crippen LogP contribution is -2.34. The average Bonchev–Trinajstić information content (AvgIpc) is 3.19. The minimum Gasteiger partial charge on any atom is -0.462 e. The number of esters is 1. The molecule has 0 amide bonds. The molecular weight excluding hydrogens is 404 g/mol. The lowest BCUT2D eigenvalue weighted by atomic mass is 10.1. The van der Waals surface area contributed by atoms with E-state index in [0.29, 0.717) is 50.9 Å². The number of hydrogen-bond donors (Lipinski definition) is 1. The maximum Gasteiger partial charge on any atom is 0.338 e. The van der Waals surface area contributed by atoms with Gasteiger partial charge in [-0.1, -0.05) is 25.5 Å². The number of hydrogen-bond acceptors (Lipinski definition) is 6. The predicted molar refractivity (Wildman–Crippen MR) is 123 cm³/mol. The summed E-state index contributed by atoms with van der Waals surface area (Å²) >= 11 is 0. The van der Waals surface area contributed by atoms with Crippen molar-refractivity contribution in [2.24, 2.45) is 0 Å². The summed E-state index contributed by atoms with van der Waals surface area (Å²) in [7, 11) is 0. The Bertz CT molecular complexity index is 1460. The van der Waals surface area contributed by atoms with E-state index in [-0.39, 0.29) is 11.5 Å². The summed E-state index contributed by atoms with van der Waals surface area (Å²) in [6.07, 6.45) is 3.38. The first-order valence-electron chi connectivity index (χ1n) is 10.4. The molecule has 4 rings (SSSR count). The number of pyridine rings is 1. The third-order valence-corrected chi connectivity index (χ3v) is 5.34. The molecule has 160 valence electrons. The van der Waals surface area contributed by atoms with Gasteiger partial charge in [0.05, 0.1) is 34.0 Å². The number of nitriles is 1. The van der Waals surface area contributed by atoms with Crippen molar-refractivity contribution in [3.8, 4) is 6.07 Å². The fourth-order valence-corrected chi connectivity index (χ4v) is 3.54. The number of fused-ring (bicyclic) bond motifs is 3. The largest absolute Gasteiger partial charge is 0.462 e. The number of rotatable bonds is 6. The minimum atomic E-state index is -0.359. The van der Waals surface area contributed by atoms with Gasteiger partial charge in [-0.25, -0.2) is 9.78 Å². The number of unbranched alkanes of at least 4 members (excludes halogenated alkanes) is 1. The van der Waals surface area contributed by atoms with Crippen molar-refractivity contribution in [1.82, 2.24) is 9.38 Å². The Morgan fingerprint density at radius 2 is 1.97 bits per heavy atom. The van der Waals surface area contributed by atoms with E-state index < -0.39 is 0 Å². The summed E-state index contributed by atoms with van der Waals surface area (Å²) in [6, 6.07) is 16.3. The number of carbonyl (C=O) groups excluding carboxylic acids is 1. The van der Waals surface area contributed by atoms with Crippen LogP contribution in [0.25, 0.3) is 22.9 Å². The number of para-hydroxylation sites is 2. The van der Waals surface area contributed by atoms with Gasteiger partial charge >= 0.3 is 5.97 Å². The van der Waals surface area contributed by atoms with Gasteiger partial charge in [0.1, 0.15) is 6.07 Å². The van der Waals surface area contributed by atoms with Crippen LogP contribution in [0.3, 0.4) is 0 Å². The van der Waals surface area contributed by atoms with Crippen LogP contribution in [0.5, 0.6) is 0 Å². The number of carbonyl (C=O) groups is 1. The molecule has 0 radical (unpaired) electrons. The molecule has 2 heterocycles. The highest BCUT2D eigenvalue weighted by atomic mass is 16.5. The van der Waals surface area contributed by atoms with Crippen molar-refractivity contribution >= 4 is 34.5 Å². The highest BCUT2D eigenvalue weighted by Crippen LogP contribution is 2.17. The van der Waals surface area contributed by atoms with Gasteiger partial charge in [-0.05, 0) is 55.3 Å². The van der Waals surface area contributed by atoms with Gasteiger partial charge in [0.25, 0.3) is 5.56 Å². The summed E-state index contributed by atoms with van der Waals surface area (Å²) in [5.74, 6) is -0.359. The summed E-state index contributed by atoms with van der Waals surface area (Å²) in [5, 5.41) is 13.2. The highest BCUT2D eigenvalue weighted by molar-refractivity contribution is 5.90. The van der Waals surface area contributed by atoms with Crippen molar-refractivity contribution in [3.05, 3.63) is 80.8 Å². The van der Waals surface area contributed by atoms with Crippen LogP contribution in [-0.4, -0.2) is 22.0 Å². The van der Waals surface area contributed by atoms with Crippen molar-refractivity contribution in [3.63, 3.8) is 0 Å². The van der Waals surface area contributed by atoms with Gasteiger partial charge in [-0.3, -0.25) is 9.20 Å². The van der Waals surface area contributed by atoms with Crippen LogP contribution in [-0.2, 0) is 4.74 Å². The summed E-state index contributed by atoms with van der Waals surface area (Å²) < 4.78 is 6.69. The zero-order chi connectivity index (χ0) is 22.7. The quantitative estimate of drug-likeness (QED) is 0.374. The number of imidazole rings is 1. The Kier molecular flexibility index (Phi) is 5.86. The Balaban J connectivity index is 1.70. The molecule has 1 N–H and O–H groups in total. The third kappa shape index (κ3) is 3.79. The van der Waals surface area contributed by atoms with Crippen LogP contribution >= 0.6 is 0 Å². The zero-order valence-electron chi connectivity index (χ0n) is 17.9. The van der Waals surface area contributed by atoms with Gasteiger partial charge in [0, 0.05) is 11.9 Å². The van der Waals surface area contributed by atoms with Crippen LogP contribution in [0.2, 0.25) is 0 Å². The van der Waals surface area contributed by atoms with E-state index in [2.05, 4.69) is 16.4 Å². The highest BCUT2D eigenvalue weighted by Gasteiger charge is 2.16. The van der Waals surface area contributed by atoms with Gasteiger partial charge in [0.2, 0.25) is 0 Å². The molecule has 2 aromatic heterocycles. The molecule has 0 aliphatic heterocycles. The third-order valence-electron chi connectivity index (χ3n) is 5.34. The van der Waals surface area contributed by atoms with Crippen molar-refractivity contribution in [2.75, 3.05) is 11.9 Å². The predicted octanol–water partition coefficient (Wildman–Crippen LogP) is 3.55. The Morgan fingerprint density at radius 3 is 2.69 bits per heavy atom. The Morgan fingerprint density at radius 1 is 1.22 bits per heavy atom. The Labute approximate surface area is 184 Å². The number of ether oxygens (including phenoxy) is 1. The molecule has 0 unspecified atom stereocenters. The maximum absolute atomic E-state index is 13.3. The molecule has 0 saturated heterocycles. The van der Waals surface area contributed by atoms with Gasteiger partial charge in [-0.15, -0.1) is 0 Å². The van der Waals surface area contributed by atoms with Crippen molar-refractivity contribution < 1.29 is 9.53 Å². The van der Waals surface area contributed by atoms with Crippen LogP contribution in [0, 0.1) is 18.3 Å². The number of nitrogens with zero attached hydrogens (tertiary/aromatic N) is 3.